The first-order valence-corrected chi connectivity index (χ1v) is 8.00. The van der Waals surface area contributed by atoms with E-state index < -0.39 is 0 Å². The maximum absolute atomic E-state index is 12.4. The fraction of sp³-hybridized carbons (Fsp3) is 0.867. The minimum Gasteiger partial charge on any atom is -0.395 e. The quantitative estimate of drug-likeness (QED) is 0.788. The predicted octanol–water partition coefficient (Wildman–Crippen LogP) is -0.0860. The van der Waals surface area contributed by atoms with Crippen LogP contribution in [0.5, 0.6) is 0 Å². The van der Waals surface area contributed by atoms with E-state index in [1.807, 2.05) is 9.80 Å². The number of amides is 2. The van der Waals surface area contributed by atoms with Crippen LogP contribution in [0.1, 0.15) is 32.6 Å². The zero-order valence-corrected chi connectivity index (χ0v) is 13.0. The summed E-state index contributed by atoms with van der Waals surface area (Å²) >= 11 is 0. The summed E-state index contributed by atoms with van der Waals surface area (Å²) in [6.45, 7) is 6.35. The molecule has 1 N–H and O–H groups in total. The molecular formula is C15H27N3O3. The molecule has 2 saturated heterocycles. The van der Waals surface area contributed by atoms with Gasteiger partial charge in [0.05, 0.1) is 6.61 Å². The number of hydrogen-bond donors (Lipinski definition) is 1. The summed E-state index contributed by atoms with van der Waals surface area (Å²) in [7, 11) is 0. The number of hydrogen-bond acceptors (Lipinski definition) is 4. The number of piperazine rings is 1. The Morgan fingerprint density at radius 3 is 2.43 bits per heavy atom. The van der Waals surface area contributed by atoms with Crippen LogP contribution in [0.3, 0.4) is 0 Å². The topological polar surface area (TPSA) is 64.1 Å². The Kier molecular flexibility index (Phi) is 5.99. The minimum atomic E-state index is 0.0826. The van der Waals surface area contributed by atoms with Crippen LogP contribution < -0.4 is 0 Å². The van der Waals surface area contributed by atoms with Crippen molar-refractivity contribution < 1.29 is 14.7 Å². The van der Waals surface area contributed by atoms with Crippen molar-refractivity contribution in [2.24, 2.45) is 0 Å². The van der Waals surface area contributed by atoms with Gasteiger partial charge < -0.3 is 14.9 Å². The number of piperidine rings is 1. The van der Waals surface area contributed by atoms with Gasteiger partial charge in [-0.15, -0.1) is 0 Å². The molecule has 0 saturated carbocycles. The highest BCUT2D eigenvalue weighted by Gasteiger charge is 2.29. The highest BCUT2D eigenvalue weighted by Crippen LogP contribution is 2.21. The normalized spacial score (nSPS) is 24.2. The van der Waals surface area contributed by atoms with Gasteiger partial charge in [0, 0.05) is 58.7 Å². The lowest BCUT2D eigenvalue weighted by molar-refractivity contribution is -0.138. The summed E-state index contributed by atoms with van der Waals surface area (Å²) in [6.07, 6.45) is 3.55. The zero-order valence-electron chi connectivity index (χ0n) is 13.0. The van der Waals surface area contributed by atoms with Gasteiger partial charge in [-0.2, -0.15) is 0 Å². The Morgan fingerprint density at radius 1 is 1.10 bits per heavy atom. The maximum Gasteiger partial charge on any atom is 0.224 e. The number of aliphatic hydroxyl groups is 1. The molecule has 0 bridgehead atoms. The van der Waals surface area contributed by atoms with Crippen molar-refractivity contribution in [3.05, 3.63) is 0 Å². The molecule has 21 heavy (non-hydrogen) atoms. The van der Waals surface area contributed by atoms with E-state index in [0.717, 1.165) is 52.0 Å². The van der Waals surface area contributed by atoms with Gasteiger partial charge in [0.1, 0.15) is 0 Å². The van der Waals surface area contributed by atoms with Crippen molar-refractivity contribution in [2.75, 3.05) is 45.9 Å². The van der Waals surface area contributed by atoms with Crippen molar-refractivity contribution in [3.63, 3.8) is 0 Å². The van der Waals surface area contributed by atoms with Crippen molar-refractivity contribution in [1.82, 2.24) is 14.7 Å². The number of β-amino-alcohol motifs (C(OH)–C–C–N with tert-alkyl or cyclic N) is 1. The van der Waals surface area contributed by atoms with E-state index in [9.17, 15) is 9.59 Å². The molecule has 2 fully saturated rings. The first-order chi connectivity index (χ1) is 10.1. The Balaban J connectivity index is 1.82. The Bertz CT molecular complexity index is 367. The molecule has 1 atom stereocenters. The monoisotopic (exact) mass is 297 g/mol. The van der Waals surface area contributed by atoms with E-state index in [4.69, 9.17) is 5.11 Å². The van der Waals surface area contributed by atoms with Crippen molar-refractivity contribution in [3.8, 4) is 0 Å². The smallest absolute Gasteiger partial charge is 0.224 e. The molecule has 0 aromatic heterocycles. The van der Waals surface area contributed by atoms with Gasteiger partial charge in [0.25, 0.3) is 0 Å². The molecule has 0 aromatic carbocycles. The third-order valence-electron chi connectivity index (χ3n) is 4.58. The third kappa shape index (κ3) is 4.41. The van der Waals surface area contributed by atoms with Crippen LogP contribution in [-0.2, 0) is 9.59 Å². The molecule has 6 nitrogen and oxygen atoms in total. The van der Waals surface area contributed by atoms with Crippen molar-refractivity contribution in [2.45, 2.75) is 38.6 Å². The number of likely N-dealkylation sites (tertiary alicyclic amines) is 1. The average molecular weight is 297 g/mol. The highest BCUT2D eigenvalue weighted by molar-refractivity contribution is 5.79. The van der Waals surface area contributed by atoms with Gasteiger partial charge in [0.2, 0.25) is 11.8 Å². The zero-order chi connectivity index (χ0) is 15.2. The number of rotatable bonds is 4. The second-order valence-electron chi connectivity index (χ2n) is 6.01. The molecular weight excluding hydrogens is 270 g/mol. The van der Waals surface area contributed by atoms with Gasteiger partial charge in [-0.1, -0.05) is 0 Å². The van der Waals surface area contributed by atoms with E-state index in [-0.39, 0.29) is 24.5 Å². The maximum atomic E-state index is 12.4. The van der Waals surface area contributed by atoms with Crippen LogP contribution in [0.4, 0.5) is 0 Å². The molecule has 2 aliphatic heterocycles. The largest absolute Gasteiger partial charge is 0.395 e. The molecule has 120 valence electrons. The summed E-state index contributed by atoms with van der Waals surface area (Å²) in [4.78, 5) is 30.0. The van der Waals surface area contributed by atoms with E-state index in [1.165, 1.54) is 0 Å². The molecule has 0 unspecified atom stereocenters. The molecule has 2 heterocycles. The van der Waals surface area contributed by atoms with Crippen LogP contribution in [0.25, 0.3) is 0 Å². The molecule has 2 rings (SSSR count). The Morgan fingerprint density at radius 2 is 1.81 bits per heavy atom. The van der Waals surface area contributed by atoms with E-state index in [1.54, 1.807) is 6.92 Å². The first-order valence-electron chi connectivity index (χ1n) is 8.00. The van der Waals surface area contributed by atoms with Crippen molar-refractivity contribution >= 4 is 11.8 Å². The van der Waals surface area contributed by atoms with Gasteiger partial charge in [-0.25, -0.2) is 0 Å². The standard InChI is InChI=1S/C15H27N3O3/c1-13(20)18-5-3-2-4-14(18)12-15(21)17-8-6-16(7-9-17)10-11-19/h14,19H,2-12H2,1H3/t14-/m0/s1. The second kappa shape index (κ2) is 7.75. The van der Waals surface area contributed by atoms with Crippen LogP contribution in [0.15, 0.2) is 0 Å². The molecule has 0 aromatic rings. The fourth-order valence-corrected chi connectivity index (χ4v) is 3.32. The number of nitrogens with zero attached hydrogens (tertiary/aromatic N) is 3. The van der Waals surface area contributed by atoms with Gasteiger partial charge in [-0.05, 0) is 19.3 Å². The second-order valence-corrected chi connectivity index (χ2v) is 6.01. The number of carbonyl (C=O) groups excluding carboxylic acids is 2. The summed E-state index contributed by atoms with van der Waals surface area (Å²) in [5, 5.41) is 8.93. The summed E-state index contributed by atoms with van der Waals surface area (Å²) in [6, 6.07) is 0.0826. The van der Waals surface area contributed by atoms with Gasteiger partial charge in [-0.3, -0.25) is 14.5 Å². The summed E-state index contributed by atoms with van der Waals surface area (Å²) in [5.74, 6) is 0.247. The molecule has 0 radical (unpaired) electrons. The molecule has 2 amide bonds. The van der Waals surface area contributed by atoms with Crippen LogP contribution >= 0.6 is 0 Å². The van der Waals surface area contributed by atoms with Crippen LogP contribution in [-0.4, -0.2) is 83.5 Å². The summed E-state index contributed by atoms with van der Waals surface area (Å²) < 4.78 is 0. The summed E-state index contributed by atoms with van der Waals surface area (Å²) in [5.41, 5.74) is 0. The lowest BCUT2D eigenvalue weighted by atomic mass is 9.98. The lowest BCUT2D eigenvalue weighted by Gasteiger charge is -2.38. The minimum absolute atomic E-state index is 0.0826. The third-order valence-corrected chi connectivity index (χ3v) is 4.58. The van der Waals surface area contributed by atoms with Gasteiger partial charge >= 0.3 is 0 Å². The molecule has 6 heteroatoms. The Hall–Kier alpha value is -1.14. The van der Waals surface area contributed by atoms with Crippen LogP contribution in [0.2, 0.25) is 0 Å². The molecule has 2 aliphatic rings. The fourth-order valence-electron chi connectivity index (χ4n) is 3.32. The van der Waals surface area contributed by atoms with E-state index in [0.29, 0.717) is 13.0 Å². The lowest BCUT2D eigenvalue weighted by Crippen LogP contribution is -2.51. The SMILES string of the molecule is CC(=O)N1CCCC[C@H]1CC(=O)N1CCN(CCO)CC1. The number of carbonyl (C=O) groups is 2. The van der Waals surface area contributed by atoms with E-state index in [2.05, 4.69) is 4.90 Å². The Labute approximate surface area is 126 Å². The first kappa shape index (κ1) is 16.2. The van der Waals surface area contributed by atoms with Gasteiger partial charge in [0.15, 0.2) is 0 Å². The highest BCUT2D eigenvalue weighted by atomic mass is 16.3. The number of aliphatic hydroxyl groups excluding tert-OH is 1. The van der Waals surface area contributed by atoms with Crippen LogP contribution in [0, 0.1) is 0 Å². The average Bonchev–Trinajstić information content (AvgIpc) is 2.48. The van der Waals surface area contributed by atoms with Crippen molar-refractivity contribution in [1.29, 1.82) is 0 Å². The molecule has 0 aliphatic carbocycles. The van der Waals surface area contributed by atoms with E-state index >= 15 is 0 Å². The molecule has 0 spiro atoms. The predicted molar refractivity (Wildman–Crippen MR) is 79.7 cm³/mol.